The molecule has 0 spiro atoms. The van der Waals surface area contributed by atoms with Gasteiger partial charge in [0.2, 0.25) is 0 Å². The first kappa shape index (κ1) is 10.5. The van der Waals surface area contributed by atoms with Crippen LogP contribution in [0.15, 0.2) is 18.3 Å². The Kier molecular flexibility index (Phi) is 2.76. The standard InChI is InChI=1S/C9H8N2O2.ClH/c1-5-2-7-8(11-5)3-6(4-10-7)9(12)13;/h2-4,11H,1H3,(H,12,13);1H. The molecule has 2 rings (SSSR count). The van der Waals surface area contributed by atoms with Gasteiger partial charge >= 0.3 is 5.97 Å². The molecule has 0 fully saturated rings. The quantitative estimate of drug-likeness (QED) is 0.760. The third kappa shape index (κ3) is 1.70. The fourth-order valence-corrected chi connectivity index (χ4v) is 1.26. The Balaban J connectivity index is 0.000000980. The van der Waals surface area contributed by atoms with Gasteiger partial charge in [0.1, 0.15) is 0 Å². The van der Waals surface area contributed by atoms with Crippen LogP contribution in [0, 0.1) is 6.92 Å². The van der Waals surface area contributed by atoms with Crippen LogP contribution >= 0.6 is 12.4 Å². The van der Waals surface area contributed by atoms with Crippen LogP contribution in [0.5, 0.6) is 0 Å². The number of H-pyrrole nitrogens is 1. The van der Waals surface area contributed by atoms with Crippen molar-refractivity contribution in [1.82, 2.24) is 9.97 Å². The lowest BCUT2D eigenvalue weighted by molar-refractivity contribution is 0.0696. The van der Waals surface area contributed by atoms with Crippen LogP contribution in [0.25, 0.3) is 11.0 Å². The molecular weight excluding hydrogens is 204 g/mol. The zero-order valence-corrected chi connectivity index (χ0v) is 8.26. The Morgan fingerprint density at radius 2 is 2.21 bits per heavy atom. The van der Waals surface area contributed by atoms with E-state index < -0.39 is 5.97 Å². The van der Waals surface area contributed by atoms with Gasteiger partial charge in [0.15, 0.2) is 0 Å². The van der Waals surface area contributed by atoms with E-state index in [0.29, 0.717) is 0 Å². The van der Waals surface area contributed by atoms with E-state index in [9.17, 15) is 4.79 Å². The molecule has 14 heavy (non-hydrogen) atoms. The SMILES string of the molecule is Cc1cc2ncc(C(=O)O)cc2[nH]1.Cl. The molecule has 5 heteroatoms. The number of carboxylic acid groups (broad SMARTS) is 1. The fraction of sp³-hybridized carbons (Fsp3) is 0.111. The van der Waals surface area contributed by atoms with E-state index in [-0.39, 0.29) is 18.0 Å². The second-order valence-electron chi connectivity index (χ2n) is 2.91. The molecule has 0 saturated heterocycles. The van der Waals surface area contributed by atoms with E-state index in [2.05, 4.69) is 9.97 Å². The molecule has 0 unspecified atom stereocenters. The summed E-state index contributed by atoms with van der Waals surface area (Å²) in [6.45, 7) is 1.90. The van der Waals surface area contributed by atoms with E-state index in [1.165, 1.54) is 6.20 Å². The lowest BCUT2D eigenvalue weighted by atomic mass is 10.2. The van der Waals surface area contributed by atoms with Crippen molar-refractivity contribution in [2.45, 2.75) is 6.92 Å². The third-order valence-corrected chi connectivity index (χ3v) is 1.85. The molecule has 0 aliphatic heterocycles. The summed E-state index contributed by atoms with van der Waals surface area (Å²) >= 11 is 0. The molecule has 74 valence electrons. The minimum Gasteiger partial charge on any atom is -0.478 e. The summed E-state index contributed by atoms with van der Waals surface area (Å²) in [5.74, 6) is -0.957. The number of carboxylic acids is 1. The van der Waals surface area contributed by atoms with Crippen LogP contribution in [-0.4, -0.2) is 21.0 Å². The van der Waals surface area contributed by atoms with Crippen LogP contribution in [0.1, 0.15) is 16.1 Å². The van der Waals surface area contributed by atoms with Crippen molar-refractivity contribution >= 4 is 29.4 Å². The van der Waals surface area contributed by atoms with Crippen molar-refractivity contribution < 1.29 is 9.90 Å². The molecule has 0 amide bonds. The minimum absolute atomic E-state index is 0. The Bertz CT molecular complexity index is 479. The summed E-state index contributed by atoms with van der Waals surface area (Å²) in [7, 11) is 0. The summed E-state index contributed by atoms with van der Waals surface area (Å²) in [5, 5.41) is 8.70. The minimum atomic E-state index is -0.957. The van der Waals surface area contributed by atoms with Gasteiger partial charge in [-0.05, 0) is 19.1 Å². The Labute approximate surface area is 86.4 Å². The number of hydrogen-bond acceptors (Lipinski definition) is 2. The molecule has 0 atom stereocenters. The van der Waals surface area contributed by atoms with Gasteiger partial charge in [0, 0.05) is 11.9 Å². The maximum atomic E-state index is 10.6. The number of nitrogens with zero attached hydrogens (tertiary/aromatic N) is 1. The van der Waals surface area contributed by atoms with Gasteiger partial charge in [-0.1, -0.05) is 0 Å². The first-order valence-electron chi connectivity index (χ1n) is 3.85. The maximum Gasteiger partial charge on any atom is 0.337 e. The van der Waals surface area contributed by atoms with E-state index >= 15 is 0 Å². The molecule has 0 aliphatic rings. The van der Waals surface area contributed by atoms with Crippen LogP contribution in [0.4, 0.5) is 0 Å². The predicted octanol–water partition coefficient (Wildman–Crippen LogP) is 1.99. The van der Waals surface area contributed by atoms with Gasteiger partial charge in [0.25, 0.3) is 0 Å². The van der Waals surface area contributed by atoms with Gasteiger partial charge in [-0.3, -0.25) is 4.98 Å². The summed E-state index contributed by atoms with van der Waals surface area (Å²) in [6, 6.07) is 3.46. The lowest BCUT2D eigenvalue weighted by Crippen LogP contribution is -1.96. The normalized spacial score (nSPS) is 9.79. The number of pyridine rings is 1. The molecule has 0 aliphatic carbocycles. The first-order chi connectivity index (χ1) is 6.16. The van der Waals surface area contributed by atoms with Crippen LogP contribution in [-0.2, 0) is 0 Å². The molecule has 2 heterocycles. The highest BCUT2D eigenvalue weighted by Gasteiger charge is 2.05. The molecule has 0 bridgehead atoms. The summed E-state index contributed by atoms with van der Waals surface area (Å²) in [6.07, 6.45) is 1.36. The van der Waals surface area contributed by atoms with Crippen molar-refractivity contribution in [3.8, 4) is 0 Å². The summed E-state index contributed by atoms with van der Waals surface area (Å²) in [4.78, 5) is 17.6. The van der Waals surface area contributed by atoms with E-state index in [0.717, 1.165) is 16.7 Å². The van der Waals surface area contributed by atoms with Gasteiger partial charge in [0.05, 0.1) is 16.6 Å². The van der Waals surface area contributed by atoms with Gasteiger partial charge in [-0.25, -0.2) is 4.79 Å². The number of aryl methyl sites for hydroxylation is 1. The van der Waals surface area contributed by atoms with Gasteiger partial charge in [-0.15, -0.1) is 12.4 Å². The predicted molar refractivity (Wildman–Crippen MR) is 55.0 cm³/mol. The topological polar surface area (TPSA) is 66.0 Å². The second kappa shape index (κ2) is 3.67. The average Bonchev–Trinajstić information content (AvgIpc) is 2.42. The summed E-state index contributed by atoms with van der Waals surface area (Å²) < 4.78 is 0. The molecule has 0 radical (unpaired) electrons. The van der Waals surface area contributed by atoms with Gasteiger partial charge < -0.3 is 10.1 Å². The molecule has 2 aromatic rings. The maximum absolute atomic E-state index is 10.6. The molecule has 2 aromatic heterocycles. The van der Waals surface area contributed by atoms with Crippen LogP contribution in [0.3, 0.4) is 0 Å². The number of aromatic carboxylic acids is 1. The lowest BCUT2D eigenvalue weighted by Gasteiger charge is -1.92. The Morgan fingerprint density at radius 3 is 2.86 bits per heavy atom. The highest BCUT2D eigenvalue weighted by Crippen LogP contribution is 2.13. The van der Waals surface area contributed by atoms with Crippen LogP contribution in [0.2, 0.25) is 0 Å². The average molecular weight is 213 g/mol. The van der Waals surface area contributed by atoms with E-state index in [4.69, 9.17) is 5.11 Å². The van der Waals surface area contributed by atoms with E-state index in [1.54, 1.807) is 6.07 Å². The Hall–Kier alpha value is -1.55. The number of aromatic amines is 1. The van der Waals surface area contributed by atoms with Crippen molar-refractivity contribution in [2.24, 2.45) is 0 Å². The summed E-state index contributed by atoms with van der Waals surface area (Å²) in [5.41, 5.74) is 2.74. The number of carbonyl (C=O) groups is 1. The zero-order chi connectivity index (χ0) is 9.42. The van der Waals surface area contributed by atoms with Gasteiger partial charge in [-0.2, -0.15) is 0 Å². The highest BCUT2D eigenvalue weighted by molar-refractivity contribution is 5.91. The first-order valence-corrected chi connectivity index (χ1v) is 3.85. The fourth-order valence-electron chi connectivity index (χ4n) is 1.26. The molecular formula is C9H9ClN2O2. The smallest absolute Gasteiger partial charge is 0.337 e. The largest absolute Gasteiger partial charge is 0.478 e. The number of hydrogen-bond donors (Lipinski definition) is 2. The molecule has 2 N–H and O–H groups in total. The molecule has 0 aromatic carbocycles. The highest BCUT2D eigenvalue weighted by atomic mass is 35.5. The van der Waals surface area contributed by atoms with E-state index in [1.807, 2.05) is 13.0 Å². The van der Waals surface area contributed by atoms with Crippen molar-refractivity contribution in [1.29, 1.82) is 0 Å². The second-order valence-corrected chi connectivity index (χ2v) is 2.91. The number of nitrogens with one attached hydrogen (secondary N) is 1. The van der Waals surface area contributed by atoms with Crippen molar-refractivity contribution in [3.05, 3.63) is 29.6 Å². The number of fused-ring (bicyclic) bond motifs is 1. The monoisotopic (exact) mass is 212 g/mol. The van der Waals surface area contributed by atoms with Crippen LogP contribution < -0.4 is 0 Å². The third-order valence-electron chi connectivity index (χ3n) is 1.85. The Morgan fingerprint density at radius 1 is 1.50 bits per heavy atom. The molecule has 0 saturated carbocycles. The molecule has 4 nitrogen and oxygen atoms in total. The number of aromatic nitrogens is 2. The number of rotatable bonds is 1. The van der Waals surface area contributed by atoms with Crippen molar-refractivity contribution in [2.75, 3.05) is 0 Å². The zero-order valence-electron chi connectivity index (χ0n) is 7.44. The van der Waals surface area contributed by atoms with Crippen molar-refractivity contribution in [3.63, 3.8) is 0 Å². The number of halogens is 1.